The van der Waals surface area contributed by atoms with Crippen molar-refractivity contribution in [1.29, 1.82) is 0 Å². The lowest BCUT2D eigenvalue weighted by Gasteiger charge is -2.07. The number of aromatic nitrogens is 1. The fourth-order valence-electron chi connectivity index (χ4n) is 2.03. The Morgan fingerprint density at radius 1 is 1.18 bits per heavy atom. The molecule has 1 aromatic heterocycles. The number of ether oxygens (including phenoxy) is 1. The average Bonchev–Trinajstić information content (AvgIpc) is 3.01. The summed E-state index contributed by atoms with van der Waals surface area (Å²) < 4.78 is 37.2. The van der Waals surface area contributed by atoms with Crippen LogP contribution >= 0.6 is 0 Å². The van der Waals surface area contributed by atoms with Crippen LogP contribution in [0.5, 0.6) is 5.75 Å². The maximum atomic E-state index is 12.2. The molecule has 0 atom stereocenters. The Labute approximate surface area is 127 Å². The van der Waals surface area contributed by atoms with Gasteiger partial charge >= 0.3 is 0 Å². The van der Waals surface area contributed by atoms with Gasteiger partial charge in [-0.1, -0.05) is 6.07 Å². The molecule has 1 N–H and O–H groups in total. The van der Waals surface area contributed by atoms with Crippen LogP contribution in [0.25, 0.3) is 11.1 Å². The van der Waals surface area contributed by atoms with E-state index in [0.29, 0.717) is 11.3 Å². The molecule has 3 rings (SSSR count). The van der Waals surface area contributed by atoms with Crippen LogP contribution in [0.4, 0.5) is 0 Å². The SMILES string of the molecule is COc1ccc(S(=O)(=O)NCc2ccc3ncoc3c2)cc1. The van der Waals surface area contributed by atoms with E-state index >= 15 is 0 Å². The van der Waals surface area contributed by atoms with E-state index in [1.807, 2.05) is 0 Å². The van der Waals surface area contributed by atoms with E-state index in [2.05, 4.69) is 9.71 Å². The summed E-state index contributed by atoms with van der Waals surface area (Å²) in [6.45, 7) is 0.172. The molecule has 0 aliphatic rings. The van der Waals surface area contributed by atoms with Gasteiger partial charge in [-0.3, -0.25) is 0 Å². The van der Waals surface area contributed by atoms with Crippen molar-refractivity contribution in [2.75, 3.05) is 7.11 Å². The summed E-state index contributed by atoms with van der Waals surface area (Å²) in [7, 11) is -2.05. The largest absolute Gasteiger partial charge is 0.497 e. The van der Waals surface area contributed by atoms with Gasteiger partial charge in [-0.05, 0) is 42.0 Å². The van der Waals surface area contributed by atoms with E-state index < -0.39 is 10.0 Å². The maximum absolute atomic E-state index is 12.2. The van der Waals surface area contributed by atoms with Crippen molar-refractivity contribution < 1.29 is 17.6 Å². The van der Waals surface area contributed by atoms with Crippen molar-refractivity contribution >= 4 is 21.1 Å². The second-order valence-corrected chi connectivity index (χ2v) is 6.42. The number of nitrogens with zero attached hydrogens (tertiary/aromatic N) is 1. The highest BCUT2D eigenvalue weighted by Crippen LogP contribution is 2.17. The third-order valence-corrected chi connectivity index (χ3v) is 4.65. The van der Waals surface area contributed by atoms with E-state index in [-0.39, 0.29) is 11.4 Å². The number of nitrogens with one attached hydrogen (secondary N) is 1. The number of oxazole rings is 1. The monoisotopic (exact) mass is 318 g/mol. The van der Waals surface area contributed by atoms with Crippen LogP contribution in [0, 0.1) is 0 Å². The number of fused-ring (bicyclic) bond motifs is 1. The van der Waals surface area contributed by atoms with Crippen LogP contribution in [-0.4, -0.2) is 20.5 Å². The molecule has 0 spiro atoms. The fourth-order valence-corrected chi connectivity index (χ4v) is 3.04. The zero-order valence-electron chi connectivity index (χ0n) is 11.8. The molecule has 0 unspecified atom stereocenters. The van der Waals surface area contributed by atoms with E-state index in [1.165, 1.54) is 25.6 Å². The number of hydrogen-bond donors (Lipinski definition) is 1. The Kier molecular flexibility index (Phi) is 3.82. The predicted molar refractivity (Wildman–Crippen MR) is 81.0 cm³/mol. The van der Waals surface area contributed by atoms with Crippen molar-refractivity contribution in [3.05, 3.63) is 54.4 Å². The summed E-state index contributed by atoms with van der Waals surface area (Å²) in [5.41, 5.74) is 2.16. The predicted octanol–water partition coefficient (Wildman–Crippen LogP) is 2.31. The second kappa shape index (κ2) is 5.78. The van der Waals surface area contributed by atoms with E-state index in [0.717, 1.165) is 11.1 Å². The number of sulfonamides is 1. The van der Waals surface area contributed by atoms with E-state index in [1.54, 1.807) is 30.3 Å². The highest BCUT2D eigenvalue weighted by molar-refractivity contribution is 7.89. The van der Waals surface area contributed by atoms with Crippen molar-refractivity contribution in [1.82, 2.24) is 9.71 Å². The van der Waals surface area contributed by atoms with Crippen molar-refractivity contribution in [3.63, 3.8) is 0 Å². The molecule has 0 radical (unpaired) electrons. The Hall–Kier alpha value is -2.38. The summed E-state index contributed by atoms with van der Waals surface area (Å²) in [5, 5.41) is 0. The van der Waals surface area contributed by atoms with Crippen molar-refractivity contribution in [2.45, 2.75) is 11.4 Å². The third kappa shape index (κ3) is 2.95. The van der Waals surface area contributed by atoms with Crippen LogP contribution in [0.1, 0.15) is 5.56 Å². The van der Waals surface area contributed by atoms with E-state index in [9.17, 15) is 8.42 Å². The maximum Gasteiger partial charge on any atom is 0.240 e. The van der Waals surface area contributed by atoms with Crippen LogP contribution in [0.15, 0.2) is 58.2 Å². The minimum Gasteiger partial charge on any atom is -0.497 e. The van der Waals surface area contributed by atoms with Crippen molar-refractivity contribution in [3.8, 4) is 5.75 Å². The number of benzene rings is 2. The molecule has 0 fully saturated rings. The summed E-state index contributed by atoms with van der Waals surface area (Å²) in [6, 6.07) is 11.6. The zero-order valence-corrected chi connectivity index (χ0v) is 12.6. The lowest BCUT2D eigenvalue weighted by molar-refractivity contribution is 0.414. The standard InChI is InChI=1S/C15H14N2O4S/c1-20-12-3-5-13(6-4-12)22(18,19)17-9-11-2-7-14-15(8-11)21-10-16-14/h2-8,10,17H,9H2,1H3. The van der Waals surface area contributed by atoms with Gasteiger partial charge in [-0.2, -0.15) is 0 Å². The number of methoxy groups -OCH3 is 1. The molecule has 6 nitrogen and oxygen atoms in total. The third-order valence-electron chi connectivity index (χ3n) is 3.23. The van der Waals surface area contributed by atoms with Gasteiger partial charge in [0.2, 0.25) is 10.0 Å². The molecule has 7 heteroatoms. The highest BCUT2D eigenvalue weighted by atomic mass is 32.2. The molecule has 22 heavy (non-hydrogen) atoms. The van der Waals surface area contributed by atoms with E-state index in [4.69, 9.17) is 9.15 Å². The molecule has 0 amide bonds. The summed E-state index contributed by atoms with van der Waals surface area (Å²) in [5.74, 6) is 0.606. The van der Waals surface area contributed by atoms with Gasteiger partial charge < -0.3 is 9.15 Å². The van der Waals surface area contributed by atoms with Gasteiger partial charge in [0.05, 0.1) is 12.0 Å². The topological polar surface area (TPSA) is 81.4 Å². The molecular formula is C15H14N2O4S. The summed E-state index contributed by atoms with van der Waals surface area (Å²) in [6.07, 6.45) is 1.36. The molecule has 1 heterocycles. The summed E-state index contributed by atoms with van der Waals surface area (Å²) in [4.78, 5) is 4.20. The van der Waals surface area contributed by atoms with Crippen LogP contribution in [0.3, 0.4) is 0 Å². The second-order valence-electron chi connectivity index (χ2n) is 4.65. The zero-order chi connectivity index (χ0) is 15.6. The average molecular weight is 318 g/mol. The number of rotatable bonds is 5. The normalized spacial score (nSPS) is 11.7. The summed E-state index contributed by atoms with van der Waals surface area (Å²) >= 11 is 0. The van der Waals surface area contributed by atoms with Gasteiger partial charge in [0, 0.05) is 6.54 Å². The molecule has 2 aromatic carbocycles. The Balaban J connectivity index is 1.75. The smallest absolute Gasteiger partial charge is 0.240 e. The molecule has 0 aliphatic heterocycles. The molecule has 0 saturated carbocycles. The van der Waals surface area contributed by atoms with Gasteiger partial charge in [0.25, 0.3) is 0 Å². The quantitative estimate of drug-likeness (QED) is 0.780. The lowest BCUT2D eigenvalue weighted by atomic mass is 10.2. The number of hydrogen-bond acceptors (Lipinski definition) is 5. The molecular weight excluding hydrogens is 304 g/mol. The Morgan fingerprint density at radius 2 is 1.95 bits per heavy atom. The molecule has 114 valence electrons. The van der Waals surface area contributed by atoms with Crippen molar-refractivity contribution in [2.24, 2.45) is 0 Å². The minimum atomic E-state index is -3.58. The first kappa shape index (κ1) is 14.6. The first-order valence-corrected chi connectivity index (χ1v) is 8.03. The van der Waals surface area contributed by atoms with Gasteiger partial charge in [0.15, 0.2) is 12.0 Å². The van der Waals surface area contributed by atoms with Crippen LogP contribution in [-0.2, 0) is 16.6 Å². The van der Waals surface area contributed by atoms with Gasteiger partial charge in [-0.15, -0.1) is 0 Å². The van der Waals surface area contributed by atoms with Gasteiger partial charge in [0.1, 0.15) is 11.3 Å². The molecule has 0 saturated heterocycles. The first-order valence-electron chi connectivity index (χ1n) is 6.54. The molecule has 3 aromatic rings. The highest BCUT2D eigenvalue weighted by Gasteiger charge is 2.14. The molecule has 0 aliphatic carbocycles. The van der Waals surface area contributed by atoms with Crippen LogP contribution < -0.4 is 9.46 Å². The Bertz CT molecular complexity index is 885. The van der Waals surface area contributed by atoms with Gasteiger partial charge in [-0.25, -0.2) is 18.1 Å². The first-order chi connectivity index (χ1) is 10.6. The lowest BCUT2D eigenvalue weighted by Crippen LogP contribution is -2.23. The van der Waals surface area contributed by atoms with Crippen LogP contribution in [0.2, 0.25) is 0 Å². The minimum absolute atomic E-state index is 0.172. The molecule has 0 bridgehead atoms. The Morgan fingerprint density at radius 3 is 2.68 bits per heavy atom. The fraction of sp³-hybridized carbons (Fsp3) is 0.133.